The summed E-state index contributed by atoms with van der Waals surface area (Å²) in [6, 6.07) is 2.83. The monoisotopic (exact) mass is 483 g/mol. The van der Waals surface area contributed by atoms with E-state index in [1.807, 2.05) is 20.8 Å². The van der Waals surface area contributed by atoms with Crippen LogP contribution in [0.1, 0.15) is 54.7 Å². The molecule has 0 aliphatic carbocycles. The second kappa shape index (κ2) is 9.20. The average Bonchev–Trinajstić information content (AvgIpc) is 3.23. The number of nitrogens with one attached hydrogen (secondary N) is 1. The van der Waals surface area contributed by atoms with Gasteiger partial charge in [0.2, 0.25) is 5.91 Å². The molecular weight excluding hydrogens is 457 g/mol. The van der Waals surface area contributed by atoms with Crippen LogP contribution in [0.4, 0.5) is 10.1 Å². The molecule has 0 bridgehead atoms. The summed E-state index contributed by atoms with van der Waals surface area (Å²) in [6.45, 7) is 6.64. The van der Waals surface area contributed by atoms with Gasteiger partial charge in [0, 0.05) is 28.1 Å². The van der Waals surface area contributed by atoms with Crippen LogP contribution in [0.3, 0.4) is 0 Å². The van der Waals surface area contributed by atoms with Gasteiger partial charge >= 0.3 is 5.97 Å². The lowest BCUT2D eigenvalue weighted by atomic mass is 9.95. The van der Waals surface area contributed by atoms with Crippen molar-refractivity contribution in [2.75, 3.05) is 11.9 Å². The van der Waals surface area contributed by atoms with Crippen LogP contribution in [-0.2, 0) is 33.9 Å². The van der Waals surface area contributed by atoms with E-state index in [4.69, 9.17) is 4.74 Å². The van der Waals surface area contributed by atoms with Crippen molar-refractivity contribution >= 4 is 28.5 Å². The zero-order valence-electron chi connectivity index (χ0n) is 19.9. The second-order valence-corrected chi connectivity index (χ2v) is 8.09. The molecule has 0 saturated heterocycles. The number of carbonyl (C=O) groups is 2. The minimum atomic E-state index is -1.57. The molecule has 0 radical (unpaired) electrons. The number of cyclic esters (lactones) is 1. The van der Waals surface area contributed by atoms with Crippen LogP contribution < -0.4 is 10.9 Å². The Morgan fingerprint density at radius 1 is 1.29 bits per heavy atom. The van der Waals surface area contributed by atoms with E-state index in [1.54, 1.807) is 6.07 Å². The van der Waals surface area contributed by atoms with Gasteiger partial charge in [0.05, 0.1) is 34.7 Å². The minimum Gasteiger partial charge on any atom is -0.458 e. The van der Waals surface area contributed by atoms with Crippen LogP contribution in [0.15, 0.2) is 16.9 Å². The second-order valence-electron chi connectivity index (χ2n) is 8.09. The molecule has 1 unspecified atom stereocenters. The average molecular weight is 483 g/mol. The molecule has 1 aromatic carbocycles. The van der Waals surface area contributed by atoms with Gasteiger partial charge in [-0.3, -0.25) is 9.59 Å². The van der Waals surface area contributed by atoms with Crippen molar-refractivity contribution in [2.45, 2.75) is 53.4 Å². The molecule has 2 aliphatic heterocycles. The van der Waals surface area contributed by atoms with Gasteiger partial charge in [-0.1, -0.05) is 20.8 Å². The maximum absolute atomic E-state index is 14.7. The SMILES string of the molecule is CC.CCc1c2c(nc3cc(F)c(C)c(NC(=O)CO)c13)-c1cc3c(c(=O)n1C2)COC(=O)C3O. The summed E-state index contributed by atoms with van der Waals surface area (Å²) in [5.41, 5.74) is 3.09. The number of aliphatic hydroxyl groups is 2. The van der Waals surface area contributed by atoms with Gasteiger partial charge in [0.1, 0.15) is 19.0 Å². The lowest BCUT2D eigenvalue weighted by Gasteiger charge is -2.21. The molecule has 2 aromatic heterocycles. The molecular formula is C25H26FN3O6. The molecule has 2 aliphatic rings. The fourth-order valence-corrected chi connectivity index (χ4v) is 4.68. The number of rotatable bonds is 3. The minimum absolute atomic E-state index is 0.182. The molecule has 184 valence electrons. The summed E-state index contributed by atoms with van der Waals surface area (Å²) in [7, 11) is 0. The van der Waals surface area contributed by atoms with E-state index in [-0.39, 0.29) is 41.0 Å². The fraction of sp³-hybridized carbons (Fsp3) is 0.360. The first-order valence-corrected chi connectivity index (χ1v) is 11.4. The number of aliphatic hydroxyl groups excluding tert-OH is 2. The summed E-state index contributed by atoms with van der Waals surface area (Å²) in [6.07, 6.45) is -1.07. The van der Waals surface area contributed by atoms with Crippen molar-refractivity contribution in [3.63, 3.8) is 0 Å². The van der Waals surface area contributed by atoms with E-state index >= 15 is 0 Å². The summed E-state index contributed by atoms with van der Waals surface area (Å²) >= 11 is 0. The predicted octanol–water partition coefficient (Wildman–Crippen LogP) is 2.48. The molecule has 35 heavy (non-hydrogen) atoms. The van der Waals surface area contributed by atoms with Crippen LogP contribution in [0.5, 0.6) is 0 Å². The highest BCUT2D eigenvalue weighted by Crippen LogP contribution is 2.41. The highest BCUT2D eigenvalue weighted by molar-refractivity contribution is 6.05. The van der Waals surface area contributed by atoms with Crippen LogP contribution in [0.2, 0.25) is 0 Å². The van der Waals surface area contributed by atoms with Crippen molar-refractivity contribution in [3.8, 4) is 11.4 Å². The van der Waals surface area contributed by atoms with E-state index in [0.717, 1.165) is 11.1 Å². The number of esters is 1. The highest BCUT2D eigenvalue weighted by atomic mass is 19.1. The maximum Gasteiger partial charge on any atom is 0.340 e. The first-order valence-electron chi connectivity index (χ1n) is 11.4. The molecule has 0 saturated carbocycles. The Kier molecular flexibility index (Phi) is 6.44. The zero-order valence-corrected chi connectivity index (χ0v) is 19.9. The Hall–Kier alpha value is -3.63. The summed E-state index contributed by atoms with van der Waals surface area (Å²) in [4.78, 5) is 41.5. The Balaban J connectivity index is 0.00000141. The van der Waals surface area contributed by atoms with Crippen molar-refractivity contribution < 1.29 is 28.9 Å². The van der Waals surface area contributed by atoms with Crippen LogP contribution >= 0.6 is 0 Å². The standard InChI is InChI=1S/C23H20FN3O6.C2H6/c1-3-10-12-6-27-16(4-11-13(22(27)31)8-33-23(32)21(11)30)20(12)25-15-5-14(24)9(2)19(18(10)15)26-17(29)7-28;1-2/h4-5,21,28,30H,3,6-8H2,1-2H3,(H,26,29);1-2H3. The summed E-state index contributed by atoms with van der Waals surface area (Å²) in [5.74, 6) is -2.09. The Morgan fingerprint density at radius 3 is 2.66 bits per heavy atom. The number of pyridine rings is 2. The number of amides is 1. The smallest absolute Gasteiger partial charge is 0.340 e. The van der Waals surface area contributed by atoms with Gasteiger partial charge in [-0.2, -0.15) is 0 Å². The molecule has 1 atom stereocenters. The molecule has 0 spiro atoms. The molecule has 9 nitrogen and oxygen atoms in total. The normalized spacial score (nSPS) is 15.5. The van der Waals surface area contributed by atoms with Crippen LogP contribution in [0.25, 0.3) is 22.3 Å². The number of aromatic nitrogens is 2. The fourth-order valence-electron chi connectivity index (χ4n) is 4.68. The first kappa shape index (κ1) is 24.5. The largest absolute Gasteiger partial charge is 0.458 e. The number of nitrogens with zero attached hydrogens (tertiary/aromatic N) is 2. The number of aryl methyl sites for hydroxylation is 1. The van der Waals surface area contributed by atoms with E-state index in [2.05, 4.69) is 10.3 Å². The quantitative estimate of drug-likeness (QED) is 0.382. The number of benzene rings is 1. The van der Waals surface area contributed by atoms with E-state index in [0.29, 0.717) is 23.2 Å². The number of carbonyl (C=O) groups excluding carboxylic acids is 2. The third-order valence-electron chi connectivity index (χ3n) is 6.32. The van der Waals surface area contributed by atoms with Gasteiger partial charge in [-0.15, -0.1) is 0 Å². The number of hydrogen-bond acceptors (Lipinski definition) is 7. The Bertz CT molecular complexity index is 1450. The number of anilines is 1. The lowest BCUT2D eigenvalue weighted by Crippen LogP contribution is -2.32. The lowest BCUT2D eigenvalue weighted by molar-refractivity contribution is -0.157. The Labute approximate surface area is 200 Å². The van der Waals surface area contributed by atoms with E-state index in [9.17, 15) is 29.0 Å². The van der Waals surface area contributed by atoms with Crippen LogP contribution in [0, 0.1) is 12.7 Å². The summed E-state index contributed by atoms with van der Waals surface area (Å²) < 4.78 is 21.1. The molecule has 4 heterocycles. The summed E-state index contributed by atoms with van der Waals surface area (Å²) in [5, 5.41) is 22.6. The van der Waals surface area contributed by atoms with E-state index < -0.39 is 36.0 Å². The van der Waals surface area contributed by atoms with Crippen molar-refractivity contribution in [1.82, 2.24) is 9.55 Å². The molecule has 1 amide bonds. The van der Waals surface area contributed by atoms with Gasteiger partial charge in [0.15, 0.2) is 6.10 Å². The van der Waals surface area contributed by atoms with Crippen LogP contribution in [-0.4, -0.2) is 38.2 Å². The van der Waals surface area contributed by atoms with Crippen molar-refractivity contribution in [2.24, 2.45) is 0 Å². The third kappa shape index (κ3) is 3.69. The number of halogens is 1. The van der Waals surface area contributed by atoms with Gasteiger partial charge in [0.25, 0.3) is 5.56 Å². The molecule has 5 rings (SSSR count). The number of ether oxygens (including phenoxy) is 1. The zero-order chi connectivity index (χ0) is 25.6. The van der Waals surface area contributed by atoms with Gasteiger partial charge < -0.3 is 24.8 Å². The van der Waals surface area contributed by atoms with Gasteiger partial charge in [-0.25, -0.2) is 14.2 Å². The molecule has 3 N–H and O–H groups in total. The maximum atomic E-state index is 14.7. The number of hydrogen-bond donors (Lipinski definition) is 3. The van der Waals surface area contributed by atoms with Crippen molar-refractivity contribution in [3.05, 3.63) is 56.1 Å². The van der Waals surface area contributed by atoms with E-state index in [1.165, 1.54) is 17.6 Å². The highest BCUT2D eigenvalue weighted by Gasteiger charge is 2.35. The first-order chi connectivity index (χ1) is 16.8. The van der Waals surface area contributed by atoms with Crippen molar-refractivity contribution in [1.29, 1.82) is 0 Å². The predicted molar refractivity (Wildman–Crippen MR) is 126 cm³/mol. The number of fused-ring (bicyclic) bond motifs is 5. The molecule has 10 heteroatoms. The molecule has 0 fully saturated rings. The Morgan fingerprint density at radius 2 is 2.00 bits per heavy atom. The molecule has 3 aromatic rings. The topological polar surface area (TPSA) is 131 Å². The van der Waals surface area contributed by atoms with Gasteiger partial charge in [-0.05, 0) is 25.0 Å². The third-order valence-corrected chi connectivity index (χ3v) is 6.32.